The molecule has 0 unspecified atom stereocenters. The van der Waals surface area contributed by atoms with Gasteiger partial charge in [0.05, 0.1) is 0 Å². The molecule has 0 radical (unpaired) electrons. The van der Waals surface area contributed by atoms with Crippen molar-refractivity contribution in [3.05, 3.63) is 52.6 Å². The average molecular weight is 257 g/mol. The van der Waals surface area contributed by atoms with E-state index in [2.05, 4.69) is 10.3 Å². The van der Waals surface area contributed by atoms with Gasteiger partial charge in [-0.15, -0.1) is 0 Å². The molecule has 1 aliphatic rings. The topological polar surface area (TPSA) is 67.2 Å². The van der Waals surface area contributed by atoms with Crippen molar-refractivity contribution in [1.82, 2.24) is 9.55 Å². The summed E-state index contributed by atoms with van der Waals surface area (Å²) in [4.78, 5) is 16.2. The van der Waals surface area contributed by atoms with Crippen molar-refractivity contribution in [3.63, 3.8) is 0 Å². The summed E-state index contributed by atoms with van der Waals surface area (Å²) in [6.07, 6.45) is 5.53. The lowest BCUT2D eigenvalue weighted by atomic mass is 10.2. The average Bonchev–Trinajstić information content (AvgIpc) is 3.24. The predicted octanol–water partition coefficient (Wildman–Crippen LogP) is 1.90. The first-order chi connectivity index (χ1) is 9.24. The summed E-state index contributed by atoms with van der Waals surface area (Å²) in [6.45, 7) is 0.511. The number of benzene rings is 1. The van der Waals surface area contributed by atoms with Crippen LogP contribution >= 0.6 is 0 Å². The molecule has 1 aliphatic carbocycles. The Kier molecular flexibility index (Phi) is 2.95. The highest BCUT2D eigenvalue weighted by molar-refractivity contribution is 5.34. The lowest BCUT2D eigenvalue weighted by molar-refractivity contribution is 0.475. The molecule has 2 N–H and O–H groups in total. The molecule has 5 heteroatoms. The second-order valence-corrected chi connectivity index (χ2v) is 4.74. The molecule has 3 rings (SSSR count). The van der Waals surface area contributed by atoms with Gasteiger partial charge in [-0.05, 0) is 30.5 Å². The number of hydrogen-bond acceptors (Lipinski definition) is 4. The Balaban J connectivity index is 1.74. The number of nitrogens with zero attached hydrogens (tertiary/aromatic N) is 2. The maximum absolute atomic E-state index is 12.1. The van der Waals surface area contributed by atoms with Crippen LogP contribution in [0.25, 0.3) is 0 Å². The summed E-state index contributed by atoms with van der Waals surface area (Å²) in [5.41, 5.74) is 0.921. The van der Waals surface area contributed by atoms with Crippen LogP contribution in [0.1, 0.15) is 24.4 Å². The maximum Gasteiger partial charge on any atom is 0.293 e. The van der Waals surface area contributed by atoms with E-state index >= 15 is 0 Å². The van der Waals surface area contributed by atoms with Crippen molar-refractivity contribution in [2.45, 2.75) is 25.4 Å². The minimum absolute atomic E-state index is 0.0659. The fourth-order valence-corrected chi connectivity index (χ4v) is 1.99. The Morgan fingerprint density at radius 3 is 2.74 bits per heavy atom. The van der Waals surface area contributed by atoms with Gasteiger partial charge >= 0.3 is 0 Å². The van der Waals surface area contributed by atoms with Crippen molar-refractivity contribution in [3.8, 4) is 5.75 Å². The summed E-state index contributed by atoms with van der Waals surface area (Å²) in [7, 11) is 0. The van der Waals surface area contributed by atoms with Gasteiger partial charge in [0.25, 0.3) is 5.56 Å². The first-order valence-electron chi connectivity index (χ1n) is 6.33. The minimum atomic E-state index is -0.0659. The van der Waals surface area contributed by atoms with Gasteiger partial charge in [0.2, 0.25) is 0 Å². The van der Waals surface area contributed by atoms with Crippen LogP contribution in [-0.4, -0.2) is 14.7 Å². The third kappa shape index (κ3) is 2.59. The van der Waals surface area contributed by atoms with Crippen LogP contribution in [0.3, 0.4) is 0 Å². The van der Waals surface area contributed by atoms with Gasteiger partial charge in [-0.1, -0.05) is 12.1 Å². The van der Waals surface area contributed by atoms with E-state index in [1.807, 2.05) is 12.1 Å². The van der Waals surface area contributed by atoms with E-state index in [0.717, 1.165) is 18.4 Å². The van der Waals surface area contributed by atoms with Gasteiger partial charge in [0, 0.05) is 25.0 Å². The van der Waals surface area contributed by atoms with E-state index in [4.69, 9.17) is 0 Å². The Morgan fingerprint density at radius 2 is 2.05 bits per heavy atom. The van der Waals surface area contributed by atoms with E-state index in [1.165, 1.54) is 0 Å². The highest BCUT2D eigenvalue weighted by Gasteiger charge is 2.25. The summed E-state index contributed by atoms with van der Waals surface area (Å²) in [5, 5.41) is 12.3. The van der Waals surface area contributed by atoms with Crippen LogP contribution < -0.4 is 10.9 Å². The number of phenolic OH excluding ortho intramolecular Hbond substituents is 1. The van der Waals surface area contributed by atoms with Gasteiger partial charge in [0.15, 0.2) is 5.82 Å². The van der Waals surface area contributed by atoms with Crippen LogP contribution in [0.5, 0.6) is 5.75 Å². The SMILES string of the molecule is O=c1c(NCc2ccc(O)cc2)nccn1C1CC1. The number of phenols is 1. The number of aromatic hydroxyl groups is 1. The molecule has 0 aliphatic heterocycles. The number of hydrogen-bond donors (Lipinski definition) is 2. The molecule has 1 fully saturated rings. The number of rotatable bonds is 4. The van der Waals surface area contributed by atoms with E-state index in [1.54, 1.807) is 29.1 Å². The van der Waals surface area contributed by atoms with Gasteiger partial charge in [-0.2, -0.15) is 0 Å². The normalized spacial score (nSPS) is 14.3. The lowest BCUT2D eigenvalue weighted by Crippen LogP contribution is -2.23. The molecule has 1 aromatic heterocycles. The van der Waals surface area contributed by atoms with Crippen molar-refractivity contribution in [1.29, 1.82) is 0 Å². The number of anilines is 1. The molecule has 1 saturated carbocycles. The molecule has 2 aromatic rings. The Labute approximate surface area is 110 Å². The highest BCUT2D eigenvalue weighted by atomic mass is 16.3. The first kappa shape index (κ1) is 11.8. The molecular formula is C14H15N3O2. The highest BCUT2D eigenvalue weighted by Crippen LogP contribution is 2.33. The van der Waals surface area contributed by atoms with E-state index < -0.39 is 0 Å². The minimum Gasteiger partial charge on any atom is -0.508 e. The number of aromatic nitrogens is 2. The van der Waals surface area contributed by atoms with Gasteiger partial charge in [-0.25, -0.2) is 4.98 Å². The first-order valence-corrected chi connectivity index (χ1v) is 6.33. The molecule has 0 saturated heterocycles. The van der Waals surface area contributed by atoms with Gasteiger partial charge in [0.1, 0.15) is 5.75 Å². The van der Waals surface area contributed by atoms with Gasteiger partial charge in [-0.3, -0.25) is 4.79 Å². The predicted molar refractivity (Wildman–Crippen MR) is 72.2 cm³/mol. The Bertz CT molecular complexity index is 630. The Morgan fingerprint density at radius 1 is 1.32 bits per heavy atom. The zero-order valence-electron chi connectivity index (χ0n) is 10.4. The summed E-state index contributed by atoms with van der Waals surface area (Å²) >= 11 is 0. The van der Waals surface area contributed by atoms with Crippen LogP contribution in [-0.2, 0) is 6.54 Å². The second kappa shape index (κ2) is 4.76. The fraction of sp³-hybridized carbons (Fsp3) is 0.286. The molecule has 19 heavy (non-hydrogen) atoms. The molecular weight excluding hydrogens is 242 g/mol. The summed E-state index contributed by atoms with van der Waals surface area (Å²) < 4.78 is 1.74. The molecule has 98 valence electrons. The van der Waals surface area contributed by atoms with Crippen LogP contribution in [0.4, 0.5) is 5.82 Å². The molecule has 1 aromatic carbocycles. The zero-order valence-corrected chi connectivity index (χ0v) is 10.4. The van der Waals surface area contributed by atoms with E-state index in [-0.39, 0.29) is 11.3 Å². The largest absolute Gasteiger partial charge is 0.508 e. The second-order valence-electron chi connectivity index (χ2n) is 4.74. The molecule has 0 amide bonds. The lowest BCUT2D eigenvalue weighted by Gasteiger charge is -2.08. The fourth-order valence-electron chi connectivity index (χ4n) is 1.99. The van der Waals surface area contributed by atoms with Crippen molar-refractivity contribution < 1.29 is 5.11 Å². The molecule has 0 bridgehead atoms. The van der Waals surface area contributed by atoms with Crippen molar-refractivity contribution in [2.75, 3.05) is 5.32 Å². The number of nitrogens with one attached hydrogen (secondary N) is 1. The molecule has 1 heterocycles. The zero-order chi connectivity index (χ0) is 13.2. The summed E-state index contributed by atoms with van der Waals surface area (Å²) in [6, 6.07) is 7.22. The smallest absolute Gasteiger partial charge is 0.293 e. The van der Waals surface area contributed by atoms with Crippen molar-refractivity contribution >= 4 is 5.82 Å². The van der Waals surface area contributed by atoms with E-state index in [9.17, 15) is 9.90 Å². The third-order valence-corrected chi connectivity index (χ3v) is 3.20. The molecule has 0 spiro atoms. The quantitative estimate of drug-likeness (QED) is 0.877. The molecule has 0 atom stereocenters. The molecule has 5 nitrogen and oxygen atoms in total. The van der Waals surface area contributed by atoms with Crippen molar-refractivity contribution in [2.24, 2.45) is 0 Å². The maximum atomic E-state index is 12.1. The van der Waals surface area contributed by atoms with Crippen LogP contribution in [0.15, 0.2) is 41.5 Å². The van der Waals surface area contributed by atoms with Crippen LogP contribution in [0.2, 0.25) is 0 Å². The third-order valence-electron chi connectivity index (χ3n) is 3.20. The monoisotopic (exact) mass is 257 g/mol. The summed E-state index contributed by atoms with van der Waals surface area (Å²) in [5.74, 6) is 0.611. The van der Waals surface area contributed by atoms with E-state index in [0.29, 0.717) is 18.4 Å². The van der Waals surface area contributed by atoms with Crippen LogP contribution in [0, 0.1) is 0 Å². The van der Waals surface area contributed by atoms with Gasteiger partial charge < -0.3 is 15.0 Å². The standard InChI is InChI=1S/C14H15N3O2/c18-12-5-1-10(2-6-12)9-16-13-14(19)17(8-7-15-13)11-3-4-11/h1-2,5-8,11,18H,3-4,9H2,(H,15,16). The Hall–Kier alpha value is -2.30.